The third-order valence-electron chi connectivity index (χ3n) is 3.05. The van der Waals surface area contributed by atoms with Crippen molar-refractivity contribution < 1.29 is 9.53 Å². The Hall–Kier alpha value is -0.870. The molecule has 1 heterocycles. The summed E-state index contributed by atoms with van der Waals surface area (Å²) in [6, 6.07) is 9.87. The zero-order valence-corrected chi connectivity index (χ0v) is 12.1. The highest BCUT2D eigenvalue weighted by atomic mass is 79.9. The van der Waals surface area contributed by atoms with Crippen molar-refractivity contribution in [3.63, 3.8) is 0 Å². The molecule has 98 valence electrons. The highest BCUT2D eigenvalue weighted by molar-refractivity contribution is 9.09. The van der Waals surface area contributed by atoms with E-state index in [0.717, 1.165) is 10.9 Å². The Kier molecular flexibility index (Phi) is 4.78. The van der Waals surface area contributed by atoms with Crippen LogP contribution < -0.4 is 0 Å². The number of rotatable bonds is 3. The molecule has 2 atom stereocenters. The van der Waals surface area contributed by atoms with Crippen LogP contribution in [0.25, 0.3) is 0 Å². The first kappa shape index (κ1) is 13.6. The second kappa shape index (κ2) is 6.34. The van der Waals surface area contributed by atoms with E-state index in [0.29, 0.717) is 19.5 Å². The van der Waals surface area contributed by atoms with Gasteiger partial charge >= 0.3 is 0 Å². The molecule has 4 heteroatoms. The van der Waals surface area contributed by atoms with Crippen LogP contribution in [0.2, 0.25) is 0 Å². The van der Waals surface area contributed by atoms with Crippen molar-refractivity contribution >= 4 is 21.8 Å². The van der Waals surface area contributed by atoms with Crippen LogP contribution in [0.3, 0.4) is 0 Å². The summed E-state index contributed by atoms with van der Waals surface area (Å²) >= 11 is 3.42. The molecule has 1 aromatic rings. The lowest BCUT2D eigenvalue weighted by Gasteiger charge is -2.36. The summed E-state index contributed by atoms with van der Waals surface area (Å²) in [6.07, 6.45) is 0.692. The van der Waals surface area contributed by atoms with Gasteiger partial charge in [0.25, 0.3) is 0 Å². The van der Waals surface area contributed by atoms with Crippen LogP contribution in [0.15, 0.2) is 30.3 Å². The molecule has 2 unspecified atom stereocenters. The number of halogens is 1. The first-order valence-corrected chi connectivity index (χ1v) is 7.34. The third kappa shape index (κ3) is 3.56. The van der Waals surface area contributed by atoms with E-state index < -0.39 is 0 Å². The number of alkyl halides is 1. The molecule has 0 bridgehead atoms. The predicted molar refractivity (Wildman–Crippen MR) is 74.9 cm³/mol. The van der Waals surface area contributed by atoms with Crippen molar-refractivity contribution in [2.75, 3.05) is 18.4 Å². The molecule has 0 aromatic heterocycles. The molecule has 18 heavy (non-hydrogen) atoms. The molecule has 1 fully saturated rings. The fourth-order valence-electron chi connectivity index (χ4n) is 2.22. The maximum atomic E-state index is 12.2. The Morgan fingerprint density at radius 1 is 1.39 bits per heavy atom. The Morgan fingerprint density at radius 3 is 2.78 bits per heavy atom. The van der Waals surface area contributed by atoms with Gasteiger partial charge in [0, 0.05) is 18.4 Å². The summed E-state index contributed by atoms with van der Waals surface area (Å²) in [5.74, 6) is 0.183. The molecule has 3 nitrogen and oxygen atoms in total. The minimum absolute atomic E-state index is 0.105. The van der Waals surface area contributed by atoms with E-state index in [1.54, 1.807) is 0 Å². The van der Waals surface area contributed by atoms with Gasteiger partial charge < -0.3 is 9.64 Å². The normalized spacial score (nSPS) is 24.0. The van der Waals surface area contributed by atoms with Crippen molar-refractivity contribution in [2.24, 2.45) is 0 Å². The van der Waals surface area contributed by atoms with Gasteiger partial charge in [-0.05, 0) is 12.5 Å². The number of ether oxygens (including phenoxy) is 1. The molecule has 0 radical (unpaired) electrons. The molecule has 1 aliphatic heterocycles. The maximum absolute atomic E-state index is 12.2. The van der Waals surface area contributed by atoms with E-state index in [2.05, 4.69) is 15.9 Å². The molecule has 1 amide bonds. The molecule has 1 aliphatic rings. The summed E-state index contributed by atoms with van der Waals surface area (Å²) < 4.78 is 5.73. The van der Waals surface area contributed by atoms with Crippen LogP contribution >= 0.6 is 15.9 Å². The smallest absolute Gasteiger partial charge is 0.227 e. The number of nitrogens with zero attached hydrogens (tertiary/aromatic N) is 1. The monoisotopic (exact) mass is 311 g/mol. The average molecular weight is 312 g/mol. The molecule has 1 saturated heterocycles. The zero-order valence-electron chi connectivity index (χ0n) is 10.5. The fourth-order valence-corrected chi connectivity index (χ4v) is 2.57. The third-order valence-corrected chi connectivity index (χ3v) is 3.77. The molecular formula is C14H18BrNO2. The zero-order chi connectivity index (χ0) is 13.0. The van der Waals surface area contributed by atoms with Crippen LogP contribution in [0.1, 0.15) is 12.5 Å². The number of hydrogen-bond acceptors (Lipinski definition) is 2. The van der Waals surface area contributed by atoms with Gasteiger partial charge in [-0.15, -0.1) is 0 Å². The molecule has 1 aromatic carbocycles. The lowest BCUT2D eigenvalue weighted by molar-refractivity contribution is -0.142. The second-order valence-electron chi connectivity index (χ2n) is 4.68. The number of amides is 1. The molecule has 0 saturated carbocycles. The fraction of sp³-hybridized carbons (Fsp3) is 0.500. The number of carbonyl (C=O) groups excluding carboxylic acids is 1. The van der Waals surface area contributed by atoms with Crippen molar-refractivity contribution in [3.05, 3.63) is 35.9 Å². The van der Waals surface area contributed by atoms with Gasteiger partial charge in [0.05, 0.1) is 18.6 Å². The van der Waals surface area contributed by atoms with E-state index in [1.807, 2.05) is 42.2 Å². The van der Waals surface area contributed by atoms with Crippen LogP contribution in [0.5, 0.6) is 0 Å². The minimum atomic E-state index is 0.105. The van der Waals surface area contributed by atoms with Gasteiger partial charge in [0.2, 0.25) is 5.91 Å². The van der Waals surface area contributed by atoms with Crippen LogP contribution in [-0.2, 0) is 16.0 Å². The van der Waals surface area contributed by atoms with E-state index in [-0.39, 0.29) is 18.1 Å². The summed E-state index contributed by atoms with van der Waals surface area (Å²) in [5, 5.41) is 0.770. The summed E-state index contributed by atoms with van der Waals surface area (Å²) in [5.41, 5.74) is 1.07. The topological polar surface area (TPSA) is 29.5 Å². The Morgan fingerprint density at radius 2 is 2.11 bits per heavy atom. The number of carbonyl (C=O) groups is 1. The largest absolute Gasteiger partial charge is 0.371 e. The summed E-state index contributed by atoms with van der Waals surface area (Å²) in [6.45, 7) is 3.38. The first-order chi connectivity index (χ1) is 8.69. The van der Waals surface area contributed by atoms with Gasteiger partial charge in [-0.1, -0.05) is 46.3 Å². The van der Waals surface area contributed by atoms with Crippen molar-refractivity contribution in [1.82, 2.24) is 4.90 Å². The van der Waals surface area contributed by atoms with Gasteiger partial charge in [-0.3, -0.25) is 4.79 Å². The second-order valence-corrected chi connectivity index (χ2v) is 5.33. The van der Waals surface area contributed by atoms with E-state index in [9.17, 15) is 4.79 Å². The van der Waals surface area contributed by atoms with Gasteiger partial charge in [-0.2, -0.15) is 0 Å². The first-order valence-electron chi connectivity index (χ1n) is 6.22. The van der Waals surface area contributed by atoms with Crippen molar-refractivity contribution in [2.45, 2.75) is 25.6 Å². The Bertz CT molecular complexity index is 396. The van der Waals surface area contributed by atoms with Gasteiger partial charge in [0.1, 0.15) is 0 Å². The van der Waals surface area contributed by atoms with Crippen LogP contribution in [-0.4, -0.2) is 41.4 Å². The quantitative estimate of drug-likeness (QED) is 0.801. The summed E-state index contributed by atoms with van der Waals surface area (Å²) in [4.78, 5) is 14.1. The molecule has 0 aliphatic carbocycles. The molecular weight excluding hydrogens is 294 g/mol. The van der Waals surface area contributed by atoms with Crippen molar-refractivity contribution in [1.29, 1.82) is 0 Å². The van der Waals surface area contributed by atoms with E-state index in [4.69, 9.17) is 4.74 Å². The minimum Gasteiger partial charge on any atom is -0.371 e. The molecule has 0 spiro atoms. The lowest BCUT2D eigenvalue weighted by atomic mass is 10.1. The highest BCUT2D eigenvalue weighted by Gasteiger charge is 2.27. The van der Waals surface area contributed by atoms with Crippen LogP contribution in [0.4, 0.5) is 0 Å². The number of benzene rings is 1. The predicted octanol–water partition coefficient (Wildman–Crippen LogP) is 2.24. The van der Waals surface area contributed by atoms with E-state index in [1.165, 1.54) is 0 Å². The number of morpholine rings is 1. The number of hydrogen-bond donors (Lipinski definition) is 0. The maximum Gasteiger partial charge on any atom is 0.227 e. The molecule has 0 N–H and O–H groups in total. The van der Waals surface area contributed by atoms with Crippen LogP contribution in [0, 0.1) is 0 Å². The average Bonchev–Trinajstić information content (AvgIpc) is 2.39. The van der Waals surface area contributed by atoms with Gasteiger partial charge in [-0.25, -0.2) is 0 Å². The van der Waals surface area contributed by atoms with Crippen molar-refractivity contribution in [3.8, 4) is 0 Å². The SMILES string of the molecule is CC1CN(C(=O)Cc2ccccc2)CC(CBr)O1. The highest BCUT2D eigenvalue weighted by Crippen LogP contribution is 2.14. The Balaban J connectivity index is 1.96. The Labute approximate surface area is 116 Å². The summed E-state index contributed by atoms with van der Waals surface area (Å²) in [7, 11) is 0. The standard InChI is InChI=1S/C14H18BrNO2/c1-11-9-16(10-13(8-15)18-11)14(17)7-12-5-3-2-4-6-12/h2-6,11,13H,7-10H2,1H3. The van der Waals surface area contributed by atoms with Gasteiger partial charge in [0.15, 0.2) is 0 Å². The van der Waals surface area contributed by atoms with E-state index >= 15 is 0 Å². The molecule has 2 rings (SSSR count). The lowest BCUT2D eigenvalue weighted by Crippen LogP contribution is -2.50.